The van der Waals surface area contributed by atoms with Gasteiger partial charge in [0.15, 0.2) is 0 Å². The Kier molecular flexibility index (Phi) is 3.85. The van der Waals surface area contributed by atoms with E-state index in [1.807, 2.05) is 12.1 Å². The molecule has 2 aliphatic carbocycles. The lowest BCUT2D eigenvalue weighted by atomic mass is 10.1. The Bertz CT molecular complexity index is 747. The predicted molar refractivity (Wildman–Crippen MR) is 92.4 cm³/mol. The molecule has 1 unspecified atom stereocenters. The fourth-order valence-corrected chi connectivity index (χ4v) is 3.80. The fourth-order valence-electron chi connectivity index (χ4n) is 3.42. The molecule has 2 aromatic rings. The average Bonchev–Trinajstić information content (AvgIpc) is 3.01. The number of nitrogens with one attached hydrogen (secondary N) is 1. The van der Waals surface area contributed by atoms with Crippen molar-refractivity contribution in [2.24, 2.45) is 0 Å². The van der Waals surface area contributed by atoms with Crippen LogP contribution in [0.3, 0.4) is 0 Å². The molecule has 2 aliphatic rings. The molecule has 1 aromatic carbocycles. The topological polar surface area (TPSA) is 45.1 Å². The first-order valence-corrected chi connectivity index (χ1v) is 8.66. The molecule has 120 valence electrons. The summed E-state index contributed by atoms with van der Waals surface area (Å²) < 4.78 is 0. The van der Waals surface area contributed by atoms with Gasteiger partial charge in [0.2, 0.25) is 0 Å². The smallest absolute Gasteiger partial charge is 0.0929 e. The van der Waals surface area contributed by atoms with Crippen LogP contribution >= 0.6 is 23.2 Å². The predicted octanol–water partition coefficient (Wildman–Crippen LogP) is 3.64. The van der Waals surface area contributed by atoms with E-state index in [0.717, 1.165) is 24.1 Å². The van der Waals surface area contributed by atoms with Gasteiger partial charge in [0.05, 0.1) is 21.8 Å². The van der Waals surface area contributed by atoms with Crippen LogP contribution in [0, 0.1) is 0 Å². The van der Waals surface area contributed by atoms with Crippen molar-refractivity contribution in [1.82, 2.24) is 10.3 Å². The molecule has 0 aliphatic heterocycles. The number of nitrogens with zero attached hydrogens (tertiary/aromatic N) is 1. The highest BCUT2D eigenvalue weighted by Crippen LogP contribution is 2.41. The Labute approximate surface area is 145 Å². The highest BCUT2D eigenvalue weighted by Gasteiger charge is 2.31. The highest BCUT2D eigenvalue weighted by molar-refractivity contribution is 6.42. The Morgan fingerprint density at radius 3 is 2.48 bits per heavy atom. The van der Waals surface area contributed by atoms with Gasteiger partial charge in [-0.15, -0.1) is 0 Å². The van der Waals surface area contributed by atoms with Gasteiger partial charge >= 0.3 is 0 Å². The molecule has 0 amide bonds. The largest absolute Gasteiger partial charge is 0.387 e. The third-order valence-electron chi connectivity index (χ3n) is 4.92. The number of fused-ring (bicyclic) bond motifs is 2. The van der Waals surface area contributed by atoms with Gasteiger partial charge in [-0.2, -0.15) is 0 Å². The molecule has 3 nitrogen and oxygen atoms in total. The van der Waals surface area contributed by atoms with Crippen molar-refractivity contribution in [2.45, 2.75) is 37.8 Å². The van der Waals surface area contributed by atoms with Gasteiger partial charge in [-0.3, -0.25) is 4.98 Å². The van der Waals surface area contributed by atoms with Crippen LogP contribution in [0.25, 0.3) is 0 Å². The molecule has 0 radical (unpaired) electrons. The van der Waals surface area contributed by atoms with Crippen molar-refractivity contribution in [3.63, 3.8) is 0 Å². The van der Waals surface area contributed by atoms with Gasteiger partial charge in [0.25, 0.3) is 0 Å². The minimum atomic E-state index is -0.531. The number of pyridine rings is 1. The van der Waals surface area contributed by atoms with Crippen molar-refractivity contribution in [1.29, 1.82) is 0 Å². The van der Waals surface area contributed by atoms with Crippen molar-refractivity contribution in [3.05, 3.63) is 62.4 Å². The molecule has 23 heavy (non-hydrogen) atoms. The van der Waals surface area contributed by atoms with Crippen LogP contribution in [0.15, 0.2) is 24.4 Å². The second-order valence-corrected chi connectivity index (χ2v) is 7.34. The number of rotatable bonds is 4. The molecule has 0 fully saturated rings. The fraction of sp³-hybridized carbons (Fsp3) is 0.389. The molecule has 5 heteroatoms. The number of halogens is 2. The quantitative estimate of drug-likeness (QED) is 0.886. The van der Waals surface area contributed by atoms with E-state index in [-0.39, 0.29) is 0 Å². The first kappa shape index (κ1) is 15.4. The van der Waals surface area contributed by atoms with Gasteiger partial charge in [0, 0.05) is 30.3 Å². The van der Waals surface area contributed by atoms with Crippen LogP contribution in [-0.2, 0) is 12.8 Å². The van der Waals surface area contributed by atoms with E-state index in [9.17, 15) is 5.11 Å². The lowest BCUT2D eigenvalue weighted by Crippen LogP contribution is -2.33. The summed E-state index contributed by atoms with van der Waals surface area (Å²) in [5.41, 5.74) is 5.80. The van der Waals surface area contributed by atoms with E-state index in [2.05, 4.69) is 23.3 Å². The summed E-state index contributed by atoms with van der Waals surface area (Å²) in [7, 11) is 0. The first-order chi connectivity index (χ1) is 11.0. The molecule has 0 bridgehead atoms. The van der Waals surface area contributed by atoms with Crippen molar-refractivity contribution in [3.8, 4) is 0 Å². The van der Waals surface area contributed by atoms with E-state index in [0.29, 0.717) is 28.5 Å². The molecule has 0 saturated heterocycles. The zero-order chi connectivity index (χ0) is 16.1. The second kappa shape index (κ2) is 5.75. The van der Waals surface area contributed by atoms with Crippen molar-refractivity contribution >= 4 is 23.2 Å². The highest BCUT2D eigenvalue weighted by atomic mass is 35.5. The average molecular weight is 349 g/mol. The van der Waals surface area contributed by atoms with Gasteiger partial charge in [-0.05, 0) is 47.7 Å². The monoisotopic (exact) mass is 348 g/mol. The normalized spacial score (nSPS) is 20.3. The molecule has 4 rings (SSSR count). The summed E-state index contributed by atoms with van der Waals surface area (Å²) in [6.45, 7) is 2.66. The summed E-state index contributed by atoms with van der Waals surface area (Å²) in [6, 6.07) is 6.29. The molecule has 2 atom stereocenters. The SMILES string of the molecule is CC1c2cc([C@H](O)CNC3Cc4cc(Cl)c(Cl)cc4C3)cnc21. The van der Waals surface area contributed by atoms with E-state index in [4.69, 9.17) is 23.2 Å². The molecule has 1 aromatic heterocycles. The van der Waals surface area contributed by atoms with Gasteiger partial charge < -0.3 is 10.4 Å². The maximum atomic E-state index is 10.4. The van der Waals surface area contributed by atoms with Crippen LogP contribution < -0.4 is 5.32 Å². The zero-order valence-corrected chi connectivity index (χ0v) is 14.3. The Morgan fingerprint density at radius 2 is 1.87 bits per heavy atom. The Morgan fingerprint density at radius 1 is 1.22 bits per heavy atom. The number of aromatic nitrogens is 1. The lowest BCUT2D eigenvalue weighted by Gasteiger charge is -2.16. The van der Waals surface area contributed by atoms with Crippen LogP contribution in [0.2, 0.25) is 10.0 Å². The van der Waals surface area contributed by atoms with Gasteiger partial charge in [-0.25, -0.2) is 0 Å². The summed E-state index contributed by atoms with van der Waals surface area (Å²) in [6.07, 6.45) is 3.09. The van der Waals surface area contributed by atoms with Crippen LogP contribution in [-0.4, -0.2) is 22.7 Å². The number of benzene rings is 1. The molecular formula is C18H18Cl2N2O. The van der Waals surface area contributed by atoms with E-state index in [1.54, 1.807) is 6.20 Å². The Balaban J connectivity index is 1.37. The van der Waals surface area contributed by atoms with Crippen LogP contribution in [0.4, 0.5) is 0 Å². The molecule has 2 N–H and O–H groups in total. The Hall–Kier alpha value is -1.13. The van der Waals surface area contributed by atoms with Crippen LogP contribution in [0.5, 0.6) is 0 Å². The summed E-state index contributed by atoms with van der Waals surface area (Å²) >= 11 is 12.2. The minimum absolute atomic E-state index is 0.310. The number of aliphatic hydroxyl groups is 1. The maximum absolute atomic E-state index is 10.4. The summed E-state index contributed by atoms with van der Waals surface area (Å²) in [5, 5.41) is 15.0. The summed E-state index contributed by atoms with van der Waals surface area (Å²) in [4.78, 5) is 4.39. The molecular weight excluding hydrogens is 331 g/mol. The number of aliphatic hydroxyl groups excluding tert-OH is 1. The standard InChI is InChI=1S/C18H18Cl2N2O/c1-9-14-4-12(7-22-18(9)14)17(23)8-21-13-2-10-5-15(19)16(20)6-11(10)3-13/h4-7,9,13,17,21,23H,2-3,8H2,1H3/t9?,17-/m1/s1. The summed E-state index contributed by atoms with van der Waals surface area (Å²) in [5.74, 6) is 0.461. The van der Waals surface area contributed by atoms with Crippen LogP contribution in [0.1, 0.15) is 46.9 Å². The number of hydrogen-bond donors (Lipinski definition) is 2. The van der Waals surface area contributed by atoms with E-state index in [1.165, 1.54) is 16.7 Å². The lowest BCUT2D eigenvalue weighted by molar-refractivity contribution is 0.170. The maximum Gasteiger partial charge on any atom is 0.0929 e. The van der Waals surface area contributed by atoms with E-state index >= 15 is 0 Å². The molecule has 0 saturated carbocycles. The first-order valence-electron chi connectivity index (χ1n) is 7.91. The van der Waals surface area contributed by atoms with Gasteiger partial charge in [0.1, 0.15) is 0 Å². The third kappa shape index (κ3) is 2.87. The van der Waals surface area contributed by atoms with Crippen molar-refractivity contribution in [2.75, 3.05) is 6.54 Å². The zero-order valence-electron chi connectivity index (χ0n) is 12.8. The van der Waals surface area contributed by atoms with Gasteiger partial charge in [-0.1, -0.05) is 30.1 Å². The molecule has 0 spiro atoms. The minimum Gasteiger partial charge on any atom is -0.387 e. The molecule has 1 heterocycles. The number of hydrogen-bond acceptors (Lipinski definition) is 3. The van der Waals surface area contributed by atoms with Crippen molar-refractivity contribution < 1.29 is 5.11 Å². The van der Waals surface area contributed by atoms with E-state index < -0.39 is 6.10 Å². The third-order valence-corrected chi connectivity index (χ3v) is 5.65. The second-order valence-electron chi connectivity index (χ2n) is 6.53.